The van der Waals surface area contributed by atoms with Gasteiger partial charge in [0.05, 0.1) is 18.7 Å². The van der Waals surface area contributed by atoms with Gasteiger partial charge in [-0.15, -0.1) is 16.4 Å². The van der Waals surface area contributed by atoms with Crippen molar-refractivity contribution in [2.45, 2.75) is 44.6 Å². The number of ether oxygens (including phenoxy) is 1. The zero-order chi connectivity index (χ0) is 20.9. The standard InChI is InChI=1S/C22H22N6O2S/c1-30-12-8-9-16-15(10-12)13-4-2-6-17(20(13)24-16)25-21(29)19-14-5-3-7-18(14)31-22(19)28-11-23-26-27-28/h8-11,17,24H,2-7H2,1H3,(H,25,29)/t17-/m1/s1. The number of aromatic amines is 1. The number of methoxy groups -OCH3 is 1. The van der Waals surface area contributed by atoms with Crippen molar-refractivity contribution >= 4 is 28.1 Å². The number of rotatable bonds is 4. The number of aromatic nitrogens is 5. The van der Waals surface area contributed by atoms with Crippen LogP contribution in [0.15, 0.2) is 24.5 Å². The number of nitrogens with one attached hydrogen (secondary N) is 2. The molecule has 4 aromatic rings. The average Bonchev–Trinajstić information content (AvgIpc) is 3.55. The van der Waals surface area contributed by atoms with Crippen molar-refractivity contribution in [1.29, 1.82) is 0 Å². The molecule has 9 heteroatoms. The summed E-state index contributed by atoms with van der Waals surface area (Å²) < 4.78 is 7.02. The lowest BCUT2D eigenvalue weighted by Gasteiger charge is -2.24. The lowest BCUT2D eigenvalue weighted by atomic mass is 9.91. The zero-order valence-electron chi connectivity index (χ0n) is 17.1. The number of amides is 1. The molecule has 0 saturated carbocycles. The summed E-state index contributed by atoms with van der Waals surface area (Å²) in [7, 11) is 1.69. The van der Waals surface area contributed by atoms with Crippen LogP contribution >= 0.6 is 11.3 Å². The first-order chi connectivity index (χ1) is 15.2. The van der Waals surface area contributed by atoms with E-state index >= 15 is 0 Å². The second-order valence-corrected chi connectivity index (χ2v) is 9.22. The highest BCUT2D eigenvalue weighted by Crippen LogP contribution is 2.39. The SMILES string of the molecule is COc1ccc2[nH]c3c(c2c1)CCC[C@H]3NC(=O)c1c(-n2cnnn2)sc2c1CCC2. The number of carbonyl (C=O) groups is 1. The molecule has 2 aliphatic rings. The number of hydrogen-bond donors (Lipinski definition) is 2. The number of carbonyl (C=O) groups excluding carboxylic acids is 1. The van der Waals surface area contributed by atoms with E-state index in [4.69, 9.17) is 4.74 Å². The van der Waals surface area contributed by atoms with Gasteiger partial charge in [-0.25, -0.2) is 0 Å². The Hall–Kier alpha value is -3.20. The molecule has 158 valence electrons. The summed E-state index contributed by atoms with van der Waals surface area (Å²) in [5, 5.41) is 16.9. The van der Waals surface area contributed by atoms with Crippen LogP contribution in [0.2, 0.25) is 0 Å². The van der Waals surface area contributed by atoms with Gasteiger partial charge in [0, 0.05) is 21.5 Å². The van der Waals surface area contributed by atoms with Crippen molar-refractivity contribution in [3.63, 3.8) is 0 Å². The Labute approximate surface area is 182 Å². The maximum absolute atomic E-state index is 13.6. The van der Waals surface area contributed by atoms with Crippen LogP contribution in [0.5, 0.6) is 5.75 Å². The molecular formula is C22H22N6O2S. The van der Waals surface area contributed by atoms with Crippen LogP contribution in [0.1, 0.15) is 57.4 Å². The van der Waals surface area contributed by atoms with Crippen LogP contribution in [0.25, 0.3) is 15.9 Å². The largest absolute Gasteiger partial charge is 0.497 e. The molecule has 1 atom stereocenters. The van der Waals surface area contributed by atoms with E-state index in [2.05, 4.69) is 31.9 Å². The first-order valence-electron chi connectivity index (χ1n) is 10.6. The zero-order valence-corrected chi connectivity index (χ0v) is 18.0. The third-order valence-electron chi connectivity index (χ3n) is 6.41. The fourth-order valence-corrected chi connectivity index (χ4v) is 6.29. The monoisotopic (exact) mass is 434 g/mol. The number of fused-ring (bicyclic) bond motifs is 4. The van der Waals surface area contributed by atoms with Crippen molar-refractivity contribution in [2.24, 2.45) is 0 Å². The van der Waals surface area contributed by atoms with Crippen LogP contribution in [0.3, 0.4) is 0 Å². The van der Waals surface area contributed by atoms with Gasteiger partial charge in [-0.05, 0) is 78.3 Å². The van der Waals surface area contributed by atoms with Gasteiger partial charge in [-0.2, -0.15) is 4.68 Å². The maximum atomic E-state index is 13.6. The number of H-pyrrole nitrogens is 1. The normalized spacial score (nSPS) is 17.5. The lowest BCUT2D eigenvalue weighted by Crippen LogP contribution is -2.32. The molecule has 0 spiro atoms. The highest BCUT2D eigenvalue weighted by atomic mass is 32.1. The third kappa shape index (κ3) is 2.95. The van der Waals surface area contributed by atoms with E-state index in [1.807, 2.05) is 12.1 Å². The number of aryl methyl sites for hydroxylation is 2. The molecule has 0 fully saturated rings. The Morgan fingerprint density at radius 1 is 1.26 bits per heavy atom. The van der Waals surface area contributed by atoms with Gasteiger partial charge in [0.1, 0.15) is 17.1 Å². The van der Waals surface area contributed by atoms with Gasteiger partial charge >= 0.3 is 0 Å². The van der Waals surface area contributed by atoms with Crippen molar-refractivity contribution in [3.8, 4) is 10.8 Å². The number of tetrazole rings is 1. The van der Waals surface area contributed by atoms with Crippen LogP contribution < -0.4 is 10.1 Å². The molecule has 0 radical (unpaired) electrons. The minimum absolute atomic E-state index is 0.0426. The minimum atomic E-state index is -0.0479. The molecule has 2 N–H and O–H groups in total. The quantitative estimate of drug-likeness (QED) is 0.512. The van der Waals surface area contributed by atoms with Crippen molar-refractivity contribution in [3.05, 3.63) is 51.8 Å². The molecule has 2 aliphatic carbocycles. The molecule has 8 nitrogen and oxygen atoms in total. The third-order valence-corrected chi connectivity index (χ3v) is 7.69. The second kappa shape index (κ2) is 7.19. The maximum Gasteiger partial charge on any atom is 0.255 e. The van der Waals surface area contributed by atoms with Gasteiger partial charge in [0.15, 0.2) is 0 Å². The fourth-order valence-electron chi connectivity index (χ4n) is 4.98. The molecule has 31 heavy (non-hydrogen) atoms. The summed E-state index contributed by atoms with van der Waals surface area (Å²) in [6.45, 7) is 0. The number of thiophene rings is 1. The van der Waals surface area contributed by atoms with Crippen molar-refractivity contribution in [2.75, 3.05) is 7.11 Å². The van der Waals surface area contributed by atoms with E-state index in [1.54, 1.807) is 29.5 Å². The van der Waals surface area contributed by atoms with E-state index in [-0.39, 0.29) is 11.9 Å². The predicted molar refractivity (Wildman–Crippen MR) is 117 cm³/mol. The van der Waals surface area contributed by atoms with Gasteiger partial charge < -0.3 is 15.0 Å². The van der Waals surface area contributed by atoms with E-state index < -0.39 is 0 Å². The van der Waals surface area contributed by atoms with Crippen molar-refractivity contribution in [1.82, 2.24) is 30.5 Å². The Kier molecular flexibility index (Phi) is 4.31. The molecule has 0 saturated heterocycles. The molecule has 0 aliphatic heterocycles. The summed E-state index contributed by atoms with van der Waals surface area (Å²) in [5.41, 5.74) is 5.36. The Morgan fingerprint density at radius 2 is 2.16 bits per heavy atom. The lowest BCUT2D eigenvalue weighted by molar-refractivity contribution is 0.0931. The van der Waals surface area contributed by atoms with E-state index in [9.17, 15) is 4.79 Å². The molecular weight excluding hydrogens is 412 g/mol. The molecule has 3 heterocycles. The highest BCUT2D eigenvalue weighted by Gasteiger charge is 2.31. The van der Waals surface area contributed by atoms with Gasteiger partial charge in [0.25, 0.3) is 5.91 Å². The minimum Gasteiger partial charge on any atom is -0.497 e. The van der Waals surface area contributed by atoms with Crippen LogP contribution in [-0.4, -0.2) is 38.2 Å². The molecule has 3 aromatic heterocycles. The Morgan fingerprint density at radius 3 is 3.00 bits per heavy atom. The smallest absolute Gasteiger partial charge is 0.255 e. The number of hydrogen-bond acceptors (Lipinski definition) is 6. The summed E-state index contributed by atoms with van der Waals surface area (Å²) in [4.78, 5) is 18.4. The summed E-state index contributed by atoms with van der Waals surface area (Å²) in [5.74, 6) is 0.805. The first-order valence-corrected chi connectivity index (χ1v) is 11.4. The number of benzene rings is 1. The highest BCUT2D eigenvalue weighted by molar-refractivity contribution is 7.15. The molecule has 1 aromatic carbocycles. The molecule has 6 rings (SSSR count). The average molecular weight is 435 g/mol. The van der Waals surface area contributed by atoms with Gasteiger partial charge in [-0.1, -0.05) is 0 Å². The van der Waals surface area contributed by atoms with E-state index in [1.165, 1.54) is 15.8 Å². The van der Waals surface area contributed by atoms with Crippen LogP contribution in [-0.2, 0) is 19.3 Å². The first kappa shape index (κ1) is 18.6. The van der Waals surface area contributed by atoms with Gasteiger partial charge in [0.2, 0.25) is 0 Å². The van der Waals surface area contributed by atoms with Crippen molar-refractivity contribution < 1.29 is 9.53 Å². The summed E-state index contributed by atoms with van der Waals surface area (Å²) >= 11 is 1.63. The van der Waals surface area contributed by atoms with Gasteiger partial charge in [-0.3, -0.25) is 4.79 Å². The van der Waals surface area contributed by atoms with E-state index in [0.717, 1.165) is 71.6 Å². The topological polar surface area (TPSA) is 97.7 Å². The second-order valence-electron chi connectivity index (χ2n) is 8.14. The van der Waals surface area contributed by atoms with Crippen LogP contribution in [0.4, 0.5) is 0 Å². The van der Waals surface area contributed by atoms with E-state index in [0.29, 0.717) is 0 Å². The Bertz CT molecular complexity index is 1290. The fraction of sp³-hybridized carbons (Fsp3) is 0.364. The number of nitrogens with zero attached hydrogens (tertiary/aromatic N) is 4. The Balaban J connectivity index is 1.37. The molecule has 0 unspecified atom stereocenters. The molecule has 0 bridgehead atoms. The summed E-state index contributed by atoms with van der Waals surface area (Å²) in [6, 6.07) is 6.04. The summed E-state index contributed by atoms with van der Waals surface area (Å²) in [6.07, 6.45) is 7.53. The predicted octanol–water partition coefficient (Wildman–Crippen LogP) is 3.51. The molecule has 1 amide bonds. The van der Waals surface area contributed by atoms with Crippen LogP contribution in [0, 0.1) is 0 Å².